The first-order valence-corrected chi connectivity index (χ1v) is 12.7. The van der Waals surface area contributed by atoms with Gasteiger partial charge in [-0.25, -0.2) is 17.7 Å². The summed E-state index contributed by atoms with van der Waals surface area (Å²) in [6.45, 7) is -0.205. The molecule has 8 nitrogen and oxygen atoms in total. The topological polar surface area (TPSA) is 109 Å². The molecule has 2 aromatic carbocycles. The highest BCUT2D eigenvalue weighted by Gasteiger charge is 2.34. The van der Waals surface area contributed by atoms with Crippen molar-refractivity contribution in [2.75, 3.05) is 11.0 Å². The van der Waals surface area contributed by atoms with Crippen molar-refractivity contribution < 1.29 is 34.5 Å². The van der Waals surface area contributed by atoms with Gasteiger partial charge in [-0.3, -0.25) is 14.1 Å². The van der Waals surface area contributed by atoms with Crippen LogP contribution in [0.15, 0.2) is 71.8 Å². The normalized spacial score (nSPS) is 12.9. The van der Waals surface area contributed by atoms with Crippen LogP contribution in [0.3, 0.4) is 0 Å². The van der Waals surface area contributed by atoms with Gasteiger partial charge in [0.15, 0.2) is 5.82 Å². The number of hydrogen-bond donors (Lipinski definition) is 2. The van der Waals surface area contributed by atoms with Crippen LogP contribution in [-0.4, -0.2) is 28.9 Å². The number of sulfonamides is 1. The summed E-state index contributed by atoms with van der Waals surface area (Å²) in [6.07, 6.45) is -4.16. The first kappa shape index (κ1) is 27.0. The zero-order valence-electron chi connectivity index (χ0n) is 17.8. The van der Waals surface area contributed by atoms with Gasteiger partial charge in [-0.1, -0.05) is 54.1 Å². The molecular formula is C21H19ClF3N3O5S2. The predicted molar refractivity (Wildman–Crippen MR) is 124 cm³/mol. The third kappa shape index (κ3) is 7.22. The molecule has 2 N–H and O–H groups in total. The summed E-state index contributed by atoms with van der Waals surface area (Å²) in [6, 6.07) is 14.8. The van der Waals surface area contributed by atoms with Gasteiger partial charge in [0.05, 0.1) is 22.0 Å². The van der Waals surface area contributed by atoms with Crippen LogP contribution in [0.5, 0.6) is 0 Å². The number of aromatic nitrogens is 1. The Labute approximate surface area is 207 Å². The van der Waals surface area contributed by atoms with Gasteiger partial charge < -0.3 is 0 Å². The summed E-state index contributed by atoms with van der Waals surface area (Å²) in [5.41, 5.74) is 0.113. The third-order valence-corrected chi connectivity index (χ3v) is 7.00. The largest absolute Gasteiger partial charge is 0.417 e. The average molecular weight is 550 g/mol. The van der Waals surface area contributed by atoms with Crippen molar-refractivity contribution in [1.29, 1.82) is 0 Å². The van der Waals surface area contributed by atoms with Crippen molar-refractivity contribution in [1.82, 2.24) is 10.3 Å². The van der Waals surface area contributed by atoms with Crippen molar-refractivity contribution in [2.45, 2.75) is 24.2 Å². The lowest BCUT2D eigenvalue weighted by molar-refractivity contribution is -0.137. The molecule has 1 atom stereocenters. The van der Waals surface area contributed by atoms with Crippen LogP contribution in [0.2, 0.25) is 5.02 Å². The van der Waals surface area contributed by atoms with Crippen molar-refractivity contribution in [2.24, 2.45) is 0 Å². The monoisotopic (exact) mass is 549 g/mol. The molecular weight excluding hydrogens is 531 g/mol. The Hall–Kier alpha value is -2.55. The fraction of sp³-hybridized carbons (Fsp3) is 0.190. The molecule has 0 aliphatic carbocycles. The molecule has 0 saturated carbocycles. The third-order valence-electron chi connectivity index (χ3n) is 4.66. The number of nitrogens with zero attached hydrogens (tertiary/aromatic N) is 2. The highest BCUT2D eigenvalue weighted by Crippen LogP contribution is 2.35. The van der Waals surface area contributed by atoms with E-state index in [2.05, 4.69) is 14.5 Å². The van der Waals surface area contributed by atoms with Gasteiger partial charge >= 0.3 is 17.5 Å². The minimum Gasteiger partial charge on any atom is -0.289 e. The predicted octanol–water partition coefficient (Wildman–Crippen LogP) is 4.35. The lowest BCUT2D eigenvalue weighted by Crippen LogP contribution is -2.32. The Morgan fingerprint density at radius 1 is 1.09 bits per heavy atom. The molecule has 35 heavy (non-hydrogen) atoms. The Balaban J connectivity index is 1.93. The molecule has 188 valence electrons. The van der Waals surface area contributed by atoms with Crippen molar-refractivity contribution >= 4 is 38.8 Å². The van der Waals surface area contributed by atoms with E-state index in [0.717, 1.165) is 4.31 Å². The number of halogens is 4. The van der Waals surface area contributed by atoms with Crippen LogP contribution < -0.4 is 9.62 Å². The molecule has 0 amide bonds. The van der Waals surface area contributed by atoms with Gasteiger partial charge in [-0.05, 0) is 29.3 Å². The molecule has 3 aromatic rings. The lowest BCUT2D eigenvalue weighted by atomic mass is 10.2. The maximum Gasteiger partial charge on any atom is 0.417 e. The van der Waals surface area contributed by atoms with Crippen LogP contribution in [0.4, 0.5) is 19.0 Å². The summed E-state index contributed by atoms with van der Waals surface area (Å²) in [7, 11) is -4.29. The van der Waals surface area contributed by atoms with Crippen LogP contribution in [0.25, 0.3) is 0 Å². The zero-order valence-corrected chi connectivity index (χ0v) is 20.2. The second-order valence-corrected chi connectivity index (χ2v) is 10.0. The Morgan fingerprint density at radius 3 is 2.31 bits per heavy atom. The molecule has 1 heterocycles. The highest BCUT2D eigenvalue weighted by atomic mass is 35.5. The SMILES string of the molecule is O=S(O)OCNCc1ccc(S(=O)(=O)N(Cc2ccccc2)c2ncc(C(F)(F)F)cc2Cl)cc1. The number of benzene rings is 2. The van der Waals surface area contributed by atoms with Gasteiger partial charge in [0.1, 0.15) is 6.73 Å². The highest BCUT2D eigenvalue weighted by molar-refractivity contribution is 7.92. The average Bonchev–Trinajstić information content (AvgIpc) is 2.81. The van der Waals surface area contributed by atoms with Gasteiger partial charge in [0.25, 0.3) is 10.0 Å². The second kappa shape index (κ2) is 11.5. The van der Waals surface area contributed by atoms with E-state index in [1.807, 2.05) is 0 Å². The summed E-state index contributed by atoms with van der Waals surface area (Å²) >= 11 is 3.67. The molecule has 0 bridgehead atoms. The molecule has 0 saturated heterocycles. The van der Waals surface area contributed by atoms with Crippen molar-refractivity contribution in [3.63, 3.8) is 0 Å². The number of rotatable bonds is 10. The first-order valence-electron chi connectivity index (χ1n) is 9.81. The van der Waals surface area contributed by atoms with E-state index in [1.54, 1.807) is 30.3 Å². The number of alkyl halides is 3. The van der Waals surface area contributed by atoms with Gasteiger partial charge in [-0.2, -0.15) is 17.4 Å². The Morgan fingerprint density at radius 2 is 1.74 bits per heavy atom. The van der Waals surface area contributed by atoms with Crippen LogP contribution in [0.1, 0.15) is 16.7 Å². The van der Waals surface area contributed by atoms with Gasteiger partial charge in [0, 0.05) is 12.7 Å². The standard InChI is InChI=1S/C21H19ClF3N3O5S2/c22-19-10-17(21(23,24)25)12-27-20(19)28(13-16-4-2-1-3-5-16)35(31,32)18-8-6-15(7-9-18)11-26-14-33-34(29)30/h1-10,12,26H,11,13-14H2,(H,29,30). The second-order valence-electron chi connectivity index (χ2n) is 7.07. The van der Waals surface area contributed by atoms with Gasteiger partial charge in [0.2, 0.25) is 0 Å². The molecule has 1 unspecified atom stereocenters. The molecule has 14 heteroatoms. The Kier molecular flexibility index (Phi) is 8.85. The van der Waals surface area contributed by atoms with E-state index in [1.165, 1.54) is 24.3 Å². The quantitative estimate of drug-likeness (QED) is 0.220. The van der Waals surface area contributed by atoms with Crippen LogP contribution in [-0.2, 0) is 44.8 Å². The molecule has 0 radical (unpaired) electrons. The summed E-state index contributed by atoms with van der Waals surface area (Å²) in [5, 5.41) is 2.27. The Bertz CT molecular complexity index is 1280. The fourth-order valence-electron chi connectivity index (χ4n) is 2.99. The molecule has 0 spiro atoms. The molecule has 3 rings (SSSR count). The van der Waals surface area contributed by atoms with E-state index >= 15 is 0 Å². The molecule has 1 aromatic heterocycles. The minimum absolute atomic E-state index is 0.136. The van der Waals surface area contributed by atoms with E-state index in [9.17, 15) is 25.8 Å². The minimum atomic E-state index is -4.70. The summed E-state index contributed by atoms with van der Waals surface area (Å²) < 4.78 is 90.6. The zero-order chi connectivity index (χ0) is 25.6. The smallest absolute Gasteiger partial charge is 0.289 e. The van der Waals surface area contributed by atoms with Crippen LogP contribution >= 0.6 is 11.6 Å². The molecule has 0 aliphatic rings. The van der Waals surface area contributed by atoms with Gasteiger partial charge in [-0.15, -0.1) is 0 Å². The maximum atomic E-state index is 13.5. The maximum absolute atomic E-state index is 13.5. The number of hydrogen-bond acceptors (Lipinski definition) is 6. The lowest BCUT2D eigenvalue weighted by Gasteiger charge is -2.25. The summed E-state index contributed by atoms with van der Waals surface area (Å²) in [4.78, 5) is 3.60. The van der Waals surface area contributed by atoms with E-state index in [-0.39, 0.29) is 30.5 Å². The molecule has 0 aliphatic heterocycles. The van der Waals surface area contributed by atoms with E-state index < -0.39 is 38.1 Å². The van der Waals surface area contributed by atoms with Crippen molar-refractivity contribution in [3.8, 4) is 0 Å². The van der Waals surface area contributed by atoms with E-state index in [4.69, 9.17) is 16.2 Å². The van der Waals surface area contributed by atoms with Crippen LogP contribution in [0, 0.1) is 0 Å². The number of nitrogens with one attached hydrogen (secondary N) is 1. The first-order chi connectivity index (χ1) is 16.5. The van der Waals surface area contributed by atoms with Crippen molar-refractivity contribution in [3.05, 3.63) is 88.6 Å². The molecule has 0 fully saturated rings. The number of pyridine rings is 1. The summed E-state index contributed by atoms with van der Waals surface area (Å²) in [5.74, 6) is -0.344. The number of anilines is 1. The van der Waals surface area contributed by atoms with E-state index in [0.29, 0.717) is 23.4 Å². The fourth-order valence-corrected chi connectivity index (χ4v) is 4.92.